The highest BCUT2D eigenvalue weighted by Crippen LogP contribution is 2.29. The highest BCUT2D eigenvalue weighted by atomic mass is 32.2. The first-order valence-corrected chi connectivity index (χ1v) is 12.5. The number of nitrogens with zero attached hydrogens (tertiary/aromatic N) is 5. The van der Waals surface area contributed by atoms with E-state index in [4.69, 9.17) is 9.97 Å². The van der Waals surface area contributed by atoms with E-state index in [2.05, 4.69) is 22.2 Å². The summed E-state index contributed by atoms with van der Waals surface area (Å²) in [6.07, 6.45) is 6.62. The van der Waals surface area contributed by atoms with E-state index in [1.165, 1.54) is 24.8 Å². The summed E-state index contributed by atoms with van der Waals surface area (Å²) in [7, 11) is 0. The summed E-state index contributed by atoms with van der Waals surface area (Å²) in [5.74, 6) is 1.93. The average molecular weight is 453 g/mol. The lowest BCUT2D eigenvalue weighted by Gasteiger charge is -2.28. The van der Waals surface area contributed by atoms with Crippen LogP contribution < -0.4 is 10.2 Å². The van der Waals surface area contributed by atoms with Gasteiger partial charge in [-0.2, -0.15) is 5.10 Å². The number of rotatable bonds is 8. The molecule has 0 aliphatic carbocycles. The summed E-state index contributed by atoms with van der Waals surface area (Å²) in [6.45, 7) is 9.35. The number of benzene rings is 1. The molecule has 0 bridgehead atoms. The molecule has 1 aliphatic rings. The lowest BCUT2D eigenvalue weighted by Crippen LogP contribution is -2.30. The molecule has 1 fully saturated rings. The number of thioether (sulfide) groups is 1. The van der Waals surface area contributed by atoms with Crippen LogP contribution in [-0.2, 0) is 6.54 Å². The molecule has 170 valence electrons. The minimum Gasteiger partial charge on any atom is -0.356 e. The molecule has 32 heavy (non-hydrogen) atoms. The van der Waals surface area contributed by atoms with Crippen LogP contribution in [0.15, 0.2) is 29.6 Å². The van der Waals surface area contributed by atoms with E-state index < -0.39 is 0 Å². The predicted molar refractivity (Wildman–Crippen MR) is 131 cm³/mol. The van der Waals surface area contributed by atoms with Crippen LogP contribution in [0.4, 0.5) is 5.82 Å². The molecule has 3 aromatic rings. The number of piperidine rings is 1. The summed E-state index contributed by atoms with van der Waals surface area (Å²) in [6, 6.07) is 5.79. The van der Waals surface area contributed by atoms with Crippen LogP contribution >= 0.6 is 11.8 Å². The Morgan fingerprint density at radius 2 is 1.94 bits per heavy atom. The van der Waals surface area contributed by atoms with E-state index in [9.17, 15) is 4.79 Å². The second-order valence-corrected chi connectivity index (χ2v) is 9.45. The predicted octanol–water partition coefficient (Wildman–Crippen LogP) is 4.37. The summed E-state index contributed by atoms with van der Waals surface area (Å²) in [4.78, 5) is 24.6. The van der Waals surface area contributed by atoms with Gasteiger partial charge in [-0.25, -0.2) is 14.6 Å². The van der Waals surface area contributed by atoms with Crippen molar-refractivity contribution in [3.05, 3.63) is 41.1 Å². The fraction of sp³-hybridized carbons (Fsp3) is 0.500. The number of carbonyl (C=O) groups excluding carboxylic acids is 1. The van der Waals surface area contributed by atoms with Crippen LogP contribution in [0, 0.1) is 13.8 Å². The highest BCUT2D eigenvalue weighted by molar-refractivity contribution is 7.99. The fourth-order valence-electron chi connectivity index (χ4n) is 3.95. The summed E-state index contributed by atoms with van der Waals surface area (Å²) < 4.78 is 1.89. The zero-order valence-corrected chi connectivity index (χ0v) is 20.0. The Morgan fingerprint density at radius 1 is 1.12 bits per heavy atom. The molecule has 0 saturated carbocycles. The molecule has 1 aromatic carbocycles. The number of carbonyl (C=O) groups is 1. The van der Waals surface area contributed by atoms with Crippen molar-refractivity contribution < 1.29 is 4.79 Å². The van der Waals surface area contributed by atoms with Gasteiger partial charge < -0.3 is 10.2 Å². The Morgan fingerprint density at radius 3 is 2.69 bits per heavy atom. The van der Waals surface area contributed by atoms with Crippen LogP contribution in [0.3, 0.4) is 0 Å². The summed E-state index contributed by atoms with van der Waals surface area (Å²) in [5.41, 5.74) is 3.84. The number of aromatic nitrogens is 4. The molecule has 1 aliphatic heterocycles. The molecule has 0 atom stereocenters. The quantitative estimate of drug-likeness (QED) is 0.404. The maximum atomic E-state index is 12.6. The highest BCUT2D eigenvalue weighted by Gasteiger charge is 2.20. The molecule has 1 saturated heterocycles. The molecule has 0 radical (unpaired) electrons. The van der Waals surface area contributed by atoms with E-state index in [0.717, 1.165) is 52.8 Å². The Kier molecular flexibility index (Phi) is 7.29. The third-order valence-electron chi connectivity index (χ3n) is 5.92. The van der Waals surface area contributed by atoms with E-state index in [1.807, 2.05) is 42.9 Å². The summed E-state index contributed by atoms with van der Waals surface area (Å²) in [5, 5.41) is 9.41. The van der Waals surface area contributed by atoms with Crippen LogP contribution in [-0.4, -0.2) is 51.0 Å². The number of anilines is 1. The maximum Gasteiger partial charge on any atom is 0.251 e. The molecular formula is C24H32N6OS. The van der Waals surface area contributed by atoms with Gasteiger partial charge in [-0.15, -0.1) is 0 Å². The molecule has 1 amide bonds. The number of nitrogens with one attached hydrogen (secondary N) is 1. The van der Waals surface area contributed by atoms with Crippen LogP contribution in [0.25, 0.3) is 11.0 Å². The van der Waals surface area contributed by atoms with Crippen molar-refractivity contribution in [2.24, 2.45) is 0 Å². The molecule has 2 aromatic heterocycles. The Bertz CT molecular complexity index is 1090. The monoisotopic (exact) mass is 452 g/mol. The lowest BCUT2D eigenvalue weighted by molar-refractivity contribution is 0.0952. The molecule has 0 unspecified atom stereocenters. The van der Waals surface area contributed by atoms with Crippen LogP contribution in [0.2, 0.25) is 0 Å². The van der Waals surface area contributed by atoms with Crippen molar-refractivity contribution in [1.29, 1.82) is 0 Å². The maximum absolute atomic E-state index is 12.6. The number of hydrogen-bond donors (Lipinski definition) is 1. The Hall–Kier alpha value is -2.61. The molecule has 4 rings (SSSR count). The first-order valence-electron chi connectivity index (χ1n) is 11.5. The molecule has 8 heteroatoms. The van der Waals surface area contributed by atoms with Crippen molar-refractivity contribution in [3.63, 3.8) is 0 Å². The lowest BCUT2D eigenvalue weighted by atomic mass is 10.1. The topological polar surface area (TPSA) is 75.9 Å². The number of fused-ring (bicyclic) bond motifs is 1. The van der Waals surface area contributed by atoms with Gasteiger partial charge in [0.2, 0.25) is 0 Å². The third-order valence-corrected chi connectivity index (χ3v) is 6.98. The van der Waals surface area contributed by atoms with Crippen LogP contribution in [0.1, 0.15) is 54.1 Å². The van der Waals surface area contributed by atoms with Gasteiger partial charge >= 0.3 is 0 Å². The van der Waals surface area contributed by atoms with Crippen molar-refractivity contribution in [2.45, 2.75) is 58.2 Å². The molecule has 0 spiro atoms. The van der Waals surface area contributed by atoms with E-state index in [-0.39, 0.29) is 5.91 Å². The van der Waals surface area contributed by atoms with Gasteiger partial charge in [0.05, 0.1) is 18.1 Å². The van der Waals surface area contributed by atoms with Gasteiger partial charge in [-0.1, -0.05) is 24.8 Å². The normalized spacial score (nSPS) is 14.2. The first kappa shape index (κ1) is 22.6. The number of amides is 1. The molecular weight excluding hydrogens is 420 g/mol. The smallest absolute Gasteiger partial charge is 0.251 e. The largest absolute Gasteiger partial charge is 0.356 e. The molecule has 1 N–H and O–H groups in total. The Labute approximate surface area is 194 Å². The first-order chi connectivity index (χ1) is 15.6. The second-order valence-electron chi connectivity index (χ2n) is 8.39. The molecule has 7 nitrogen and oxygen atoms in total. The number of aryl methyl sites for hydroxylation is 2. The van der Waals surface area contributed by atoms with E-state index in [0.29, 0.717) is 18.7 Å². The molecule has 3 heterocycles. The minimum absolute atomic E-state index is 0.0626. The van der Waals surface area contributed by atoms with Gasteiger partial charge in [-0.3, -0.25) is 4.79 Å². The zero-order chi connectivity index (χ0) is 22.5. The zero-order valence-electron chi connectivity index (χ0n) is 19.2. The minimum atomic E-state index is -0.0626. The van der Waals surface area contributed by atoms with Gasteiger partial charge in [-0.05, 0) is 62.8 Å². The SMILES string of the molecule is CCCSc1nc(N2CCCCC2)c2cnn(CCNC(=O)c3ccc(C)c(C)c3)c2n1. The van der Waals surface area contributed by atoms with Gasteiger partial charge in [0.25, 0.3) is 5.91 Å². The number of hydrogen-bond acceptors (Lipinski definition) is 6. The van der Waals surface area contributed by atoms with Crippen molar-refractivity contribution in [3.8, 4) is 0 Å². The van der Waals surface area contributed by atoms with Crippen LogP contribution in [0.5, 0.6) is 0 Å². The third kappa shape index (κ3) is 5.06. The van der Waals surface area contributed by atoms with Gasteiger partial charge in [0, 0.05) is 31.0 Å². The van der Waals surface area contributed by atoms with Crippen molar-refractivity contribution in [2.75, 3.05) is 30.3 Å². The standard InChI is InChI=1S/C24H32N6OS/c1-4-14-32-24-27-21(29-11-6-5-7-12-29)20-16-26-30(22(20)28-24)13-10-25-23(31)19-9-8-17(2)18(3)15-19/h8-9,15-16H,4-7,10-14H2,1-3H3,(H,25,31). The fourth-order valence-corrected chi connectivity index (χ4v) is 4.64. The van der Waals surface area contributed by atoms with Crippen molar-refractivity contribution in [1.82, 2.24) is 25.1 Å². The van der Waals surface area contributed by atoms with E-state index in [1.54, 1.807) is 11.8 Å². The van der Waals surface area contributed by atoms with Gasteiger partial charge in [0.1, 0.15) is 5.82 Å². The Balaban J connectivity index is 1.51. The van der Waals surface area contributed by atoms with Crippen molar-refractivity contribution >= 4 is 34.5 Å². The second kappa shape index (κ2) is 10.3. The van der Waals surface area contributed by atoms with E-state index >= 15 is 0 Å². The average Bonchev–Trinajstić information content (AvgIpc) is 3.22. The summed E-state index contributed by atoms with van der Waals surface area (Å²) >= 11 is 1.69. The van der Waals surface area contributed by atoms with Gasteiger partial charge in [0.15, 0.2) is 10.8 Å².